The van der Waals surface area contributed by atoms with Gasteiger partial charge in [0, 0.05) is 5.56 Å². The van der Waals surface area contributed by atoms with E-state index in [1.165, 1.54) is 0 Å². The molecule has 0 radical (unpaired) electrons. The molecular weight excluding hydrogens is 309 g/mol. The number of benzene rings is 1. The number of nitrogens with one attached hydrogen (secondary N) is 1. The third kappa shape index (κ3) is 4.36. The van der Waals surface area contributed by atoms with Crippen LogP contribution in [0, 0.1) is 5.92 Å². The molecule has 1 aromatic carbocycles. The highest BCUT2D eigenvalue weighted by atomic mass is 16.6. The Morgan fingerprint density at radius 3 is 2.58 bits per heavy atom. The molecule has 1 aliphatic rings. The molecule has 1 heterocycles. The molecule has 130 valence electrons. The summed E-state index contributed by atoms with van der Waals surface area (Å²) in [7, 11) is -1.01. The van der Waals surface area contributed by atoms with Gasteiger partial charge in [-0.15, -0.1) is 0 Å². The lowest BCUT2D eigenvalue weighted by molar-refractivity contribution is -0.158. The predicted octanol–water partition coefficient (Wildman–Crippen LogP) is 1.00. The van der Waals surface area contributed by atoms with E-state index in [0.717, 1.165) is 5.56 Å². The lowest BCUT2D eigenvalue weighted by Gasteiger charge is -2.26. The minimum atomic E-state index is -1.01. The second-order valence-electron chi connectivity index (χ2n) is 7.31. The van der Waals surface area contributed by atoms with Crippen molar-refractivity contribution < 1.29 is 24.0 Å². The number of ether oxygens (including phenoxy) is 1. The first-order chi connectivity index (χ1) is 11.1. The summed E-state index contributed by atoms with van der Waals surface area (Å²) in [6, 6.07) is 4.25. The van der Waals surface area contributed by atoms with Crippen molar-refractivity contribution in [1.29, 1.82) is 0 Å². The standard InChI is InChI=1S/C17H24BNO5/c1-10(2)14(16(21)24-17(3,4)5)19-15(20)11-6-7-12-9-23-18(22)13(12)8-11/h6-8,10,14,22H,9H2,1-5H3,(H,19,20)/t14-/m0/s1. The number of rotatable bonds is 4. The smallest absolute Gasteiger partial charge is 0.458 e. The lowest BCUT2D eigenvalue weighted by atomic mass is 9.78. The van der Waals surface area contributed by atoms with Crippen molar-refractivity contribution >= 4 is 24.5 Å². The molecule has 24 heavy (non-hydrogen) atoms. The van der Waals surface area contributed by atoms with E-state index in [1.807, 2.05) is 13.8 Å². The van der Waals surface area contributed by atoms with E-state index in [2.05, 4.69) is 5.32 Å². The van der Waals surface area contributed by atoms with Gasteiger partial charge in [-0.2, -0.15) is 0 Å². The molecule has 0 spiro atoms. The quantitative estimate of drug-likeness (QED) is 0.634. The molecule has 0 aliphatic carbocycles. The van der Waals surface area contributed by atoms with E-state index in [4.69, 9.17) is 9.39 Å². The van der Waals surface area contributed by atoms with Gasteiger partial charge in [-0.25, -0.2) is 4.79 Å². The van der Waals surface area contributed by atoms with Gasteiger partial charge in [-0.1, -0.05) is 19.9 Å². The SMILES string of the molecule is CC(C)[C@H](NC(=O)c1ccc2c(c1)B(O)OC2)C(=O)OC(C)(C)C. The fourth-order valence-electron chi connectivity index (χ4n) is 2.44. The highest BCUT2D eigenvalue weighted by Crippen LogP contribution is 2.14. The Bertz CT molecular complexity index is 638. The van der Waals surface area contributed by atoms with E-state index in [9.17, 15) is 14.6 Å². The van der Waals surface area contributed by atoms with Crippen molar-refractivity contribution in [3.63, 3.8) is 0 Å². The Morgan fingerprint density at radius 2 is 2.00 bits per heavy atom. The van der Waals surface area contributed by atoms with Gasteiger partial charge in [0.2, 0.25) is 0 Å². The van der Waals surface area contributed by atoms with Crippen LogP contribution in [0.4, 0.5) is 0 Å². The van der Waals surface area contributed by atoms with Crippen molar-refractivity contribution in [3.8, 4) is 0 Å². The summed E-state index contributed by atoms with van der Waals surface area (Å²) in [6.45, 7) is 9.36. The molecule has 1 atom stereocenters. The molecule has 1 aromatic rings. The first-order valence-electron chi connectivity index (χ1n) is 8.04. The van der Waals surface area contributed by atoms with Crippen LogP contribution in [0.2, 0.25) is 0 Å². The molecule has 0 saturated heterocycles. The van der Waals surface area contributed by atoms with Gasteiger partial charge in [0.25, 0.3) is 5.91 Å². The van der Waals surface area contributed by atoms with Gasteiger partial charge < -0.3 is 19.7 Å². The topological polar surface area (TPSA) is 84.9 Å². The highest BCUT2D eigenvalue weighted by molar-refractivity contribution is 6.61. The molecule has 0 bridgehead atoms. The molecule has 6 nitrogen and oxygen atoms in total. The first-order valence-corrected chi connectivity index (χ1v) is 8.04. The minimum Gasteiger partial charge on any atom is -0.458 e. The maximum Gasteiger partial charge on any atom is 0.491 e. The molecular formula is C17H24BNO5. The average Bonchev–Trinajstić information content (AvgIpc) is 2.83. The molecule has 1 aliphatic heterocycles. The Morgan fingerprint density at radius 1 is 1.33 bits per heavy atom. The molecule has 0 saturated carbocycles. The van der Waals surface area contributed by atoms with Crippen LogP contribution in [-0.2, 0) is 20.8 Å². The molecule has 0 unspecified atom stereocenters. The van der Waals surface area contributed by atoms with Crippen molar-refractivity contribution in [2.24, 2.45) is 5.92 Å². The van der Waals surface area contributed by atoms with E-state index >= 15 is 0 Å². The van der Waals surface area contributed by atoms with Crippen LogP contribution < -0.4 is 10.8 Å². The largest absolute Gasteiger partial charge is 0.491 e. The number of esters is 1. The number of fused-ring (bicyclic) bond motifs is 1. The summed E-state index contributed by atoms with van der Waals surface area (Å²) < 4.78 is 10.5. The van der Waals surface area contributed by atoms with E-state index in [-0.39, 0.29) is 11.8 Å². The van der Waals surface area contributed by atoms with Crippen molar-refractivity contribution in [3.05, 3.63) is 29.3 Å². The van der Waals surface area contributed by atoms with Gasteiger partial charge in [0.1, 0.15) is 11.6 Å². The number of carbonyl (C=O) groups is 2. The maximum absolute atomic E-state index is 12.5. The van der Waals surface area contributed by atoms with Gasteiger partial charge in [0.15, 0.2) is 0 Å². The van der Waals surface area contributed by atoms with Crippen molar-refractivity contribution in [1.82, 2.24) is 5.32 Å². The zero-order valence-corrected chi connectivity index (χ0v) is 14.8. The summed E-state index contributed by atoms with van der Waals surface area (Å²) >= 11 is 0. The third-order valence-electron chi connectivity index (χ3n) is 3.68. The monoisotopic (exact) mass is 333 g/mol. The Balaban J connectivity index is 2.14. The normalized spacial score (nSPS) is 15.2. The molecule has 1 amide bonds. The number of carbonyl (C=O) groups excluding carboxylic acids is 2. The van der Waals surface area contributed by atoms with Gasteiger partial charge in [0.05, 0.1) is 6.61 Å². The van der Waals surface area contributed by atoms with E-state index in [1.54, 1.807) is 39.0 Å². The molecule has 7 heteroatoms. The fraction of sp³-hybridized carbons (Fsp3) is 0.529. The molecule has 0 fully saturated rings. The minimum absolute atomic E-state index is 0.118. The third-order valence-corrected chi connectivity index (χ3v) is 3.68. The first kappa shape index (κ1) is 18.5. The van der Waals surface area contributed by atoms with E-state index in [0.29, 0.717) is 17.6 Å². The van der Waals surface area contributed by atoms with Crippen LogP contribution in [0.1, 0.15) is 50.5 Å². The van der Waals surface area contributed by atoms with Gasteiger partial charge in [-0.3, -0.25) is 4.79 Å². The number of hydrogen-bond donors (Lipinski definition) is 2. The van der Waals surface area contributed by atoms with Crippen molar-refractivity contribution in [2.75, 3.05) is 0 Å². The molecule has 2 N–H and O–H groups in total. The summed E-state index contributed by atoms with van der Waals surface area (Å²) in [5.74, 6) is -0.969. The fourth-order valence-corrected chi connectivity index (χ4v) is 2.44. The highest BCUT2D eigenvalue weighted by Gasteiger charge is 2.31. The average molecular weight is 333 g/mol. The number of hydrogen-bond acceptors (Lipinski definition) is 5. The lowest BCUT2D eigenvalue weighted by Crippen LogP contribution is -2.47. The Labute approximate surface area is 142 Å². The zero-order valence-electron chi connectivity index (χ0n) is 14.8. The molecule has 0 aromatic heterocycles. The summed E-state index contributed by atoms with van der Waals surface area (Å²) in [5.41, 5.74) is 1.18. The second-order valence-corrected chi connectivity index (χ2v) is 7.31. The Kier molecular flexibility index (Phi) is 5.35. The summed E-state index contributed by atoms with van der Waals surface area (Å²) in [4.78, 5) is 24.8. The van der Waals surface area contributed by atoms with E-state index < -0.39 is 24.7 Å². The van der Waals surface area contributed by atoms with Crippen molar-refractivity contribution in [2.45, 2.75) is 52.9 Å². The maximum atomic E-state index is 12.5. The van der Waals surface area contributed by atoms with Crippen LogP contribution in [0.25, 0.3) is 0 Å². The molecule has 2 rings (SSSR count). The number of amides is 1. The van der Waals surface area contributed by atoms with Crippen LogP contribution in [0.15, 0.2) is 18.2 Å². The summed E-state index contributed by atoms with van der Waals surface area (Å²) in [6.07, 6.45) is 0. The van der Waals surface area contributed by atoms with Gasteiger partial charge >= 0.3 is 13.1 Å². The second kappa shape index (κ2) is 6.95. The summed E-state index contributed by atoms with van der Waals surface area (Å²) in [5, 5.41) is 12.5. The van der Waals surface area contributed by atoms with Crippen LogP contribution in [0.5, 0.6) is 0 Å². The predicted molar refractivity (Wildman–Crippen MR) is 90.8 cm³/mol. The Hall–Kier alpha value is -1.86. The van der Waals surface area contributed by atoms with Gasteiger partial charge in [-0.05, 0) is 49.8 Å². The zero-order chi connectivity index (χ0) is 18.1. The van der Waals surface area contributed by atoms with Crippen LogP contribution in [0.3, 0.4) is 0 Å². The van der Waals surface area contributed by atoms with Crippen LogP contribution in [-0.4, -0.2) is 35.7 Å². The van der Waals surface area contributed by atoms with Crippen LogP contribution >= 0.6 is 0 Å².